The molecule has 3 amide bonds. The fourth-order valence-corrected chi connectivity index (χ4v) is 6.34. The summed E-state index contributed by atoms with van der Waals surface area (Å²) in [7, 11) is 1.29. The van der Waals surface area contributed by atoms with Gasteiger partial charge in [0.2, 0.25) is 11.8 Å². The van der Waals surface area contributed by atoms with E-state index >= 15 is 0 Å². The molecule has 6 rings (SSSR count). The van der Waals surface area contributed by atoms with Crippen molar-refractivity contribution in [3.8, 4) is 23.1 Å². The topological polar surface area (TPSA) is 136 Å². The molecule has 4 heterocycles. The van der Waals surface area contributed by atoms with Crippen LogP contribution in [0.15, 0.2) is 66.8 Å². The number of hydrogen-bond donors (Lipinski definition) is 3. The Hall–Kier alpha value is -5.37. The van der Waals surface area contributed by atoms with Crippen LogP contribution >= 0.6 is 0 Å². The number of nitrogens with zero attached hydrogens (tertiary/aromatic N) is 4. The van der Waals surface area contributed by atoms with Gasteiger partial charge in [0, 0.05) is 37.2 Å². The van der Waals surface area contributed by atoms with Crippen molar-refractivity contribution in [2.24, 2.45) is 11.8 Å². The summed E-state index contributed by atoms with van der Waals surface area (Å²) in [4.78, 5) is 55.7. The molecule has 0 saturated carbocycles. The SMILES string of the molecule is CC1=CCN(C(=O)CC(C)C)C1.COC(=O)NC(C(=O)N1CCCCC1c1ncc(C#Cc2ccc3cc(-c4cnc[nH]4)ccc3c2)[nH]1)C(C)C. The summed E-state index contributed by atoms with van der Waals surface area (Å²) >= 11 is 0. The summed E-state index contributed by atoms with van der Waals surface area (Å²) in [6.07, 6.45) is 10.1. The number of hydrogen-bond acceptors (Lipinski definition) is 6. The highest BCUT2D eigenvalue weighted by atomic mass is 16.5. The predicted molar refractivity (Wildman–Crippen MR) is 198 cm³/mol. The summed E-state index contributed by atoms with van der Waals surface area (Å²) in [5, 5.41) is 4.92. The number of aromatic nitrogens is 4. The number of rotatable bonds is 7. The quantitative estimate of drug-likeness (QED) is 0.148. The molecule has 2 unspecified atom stereocenters. The van der Waals surface area contributed by atoms with Gasteiger partial charge in [-0.2, -0.15) is 0 Å². The molecular weight excluding hydrogens is 642 g/mol. The van der Waals surface area contributed by atoms with Crippen molar-refractivity contribution >= 4 is 28.7 Å². The highest BCUT2D eigenvalue weighted by Crippen LogP contribution is 2.30. The van der Waals surface area contributed by atoms with E-state index in [1.54, 1.807) is 12.5 Å². The Kier molecular flexibility index (Phi) is 12.3. The van der Waals surface area contributed by atoms with Crippen LogP contribution in [0.4, 0.5) is 4.79 Å². The fourth-order valence-electron chi connectivity index (χ4n) is 6.34. The van der Waals surface area contributed by atoms with Crippen LogP contribution in [0.3, 0.4) is 0 Å². The van der Waals surface area contributed by atoms with E-state index in [-0.39, 0.29) is 23.8 Å². The Labute approximate surface area is 300 Å². The van der Waals surface area contributed by atoms with E-state index in [2.05, 4.69) is 94.3 Å². The highest BCUT2D eigenvalue weighted by molar-refractivity contribution is 5.88. The molecular formula is C40H49N7O4. The van der Waals surface area contributed by atoms with E-state index in [0.717, 1.165) is 59.9 Å². The molecule has 1 fully saturated rings. The summed E-state index contributed by atoms with van der Waals surface area (Å²) < 4.78 is 4.73. The van der Waals surface area contributed by atoms with Gasteiger partial charge in [-0.05, 0) is 72.9 Å². The van der Waals surface area contributed by atoms with E-state index in [1.165, 1.54) is 12.7 Å². The molecule has 2 aliphatic rings. The molecule has 51 heavy (non-hydrogen) atoms. The number of carbonyl (C=O) groups is 3. The first-order valence-electron chi connectivity index (χ1n) is 17.7. The third-order valence-electron chi connectivity index (χ3n) is 9.12. The second-order valence-corrected chi connectivity index (χ2v) is 14.0. The number of H-pyrrole nitrogens is 2. The minimum atomic E-state index is -0.671. The van der Waals surface area contributed by atoms with E-state index in [0.29, 0.717) is 30.4 Å². The molecule has 2 aromatic carbocycles. The Balaban J connectivity index is 0.000000357. The lowest BCUT2D eigenvalue weighted by Gasteiger charge is -2.37. The Morgan fingerprint density at radius 2 is 1.82 bits per heavy atom. The van der Waals surface area contributed by atoms with Crippen molar-refractivity contribution in [2.45, 2.75) is 72.4 Å². The monoisotopic (exact) mass is 691 g/mol. The molecule has 1 saturated heterocycles. The van der Waals surface area contributed by atoms with Crippen LogP contribution in [-0.4, -0.2) is 80.4 Å². The molecule has 11 heteroatoms. The third-order valence-corrected chi connectivity index (χ3v) is 9.12. The van der Waals surface area contributed by atoms with Gasteiger partial charge in [0.05, 0.1) is 37.6 Å². The summed E-state index contributed by atoms with van der Waals surface area (Å²) in [6.45, 7) is 12.3. The number of carbonyl (C=O) groups excluding carboxylic acids is 3. The average Bonchev–Trinajstić information content (AvgIpc) is 3.92. The first kappa shape index (κ1) is 36.9. The Morgan fingerprint density at radius 3 is 2.51 bits per heavy atom. The normalized spacial score (nSPS) is 16.2. The predicted octanol–water partition coefficient (Wildman–Crippen LogP) is 6.61. The van der Waals surface area contributed by atoms with Gasteiger partial charge in [-0.25, -0.2) is 14.8 Å². The number of methoxy groups -OCH3 is 1. The molecule has 2 aliphatic heterocycles. The highest BCUT2D eigenvalue weighted by Gasteiger charge is 2.36. The molecule has 268 valence electrons. The zero-order valence-electron chi connectivity index (χ0n) is 30.5. The fraction of sp³-hybridized carbons (Fsp3) is 0.425. The second kappa shape index (κ2) is 17.0. The molecule has 0 spiro atoms. The number of benzene rings is 2. The summed E-state index contributed by atoms with van der Waals surface area (Å²) in [5.41, 5.74) is 4.96. The molecule has 0 radical (unpaired) electrons. The molecule has 11 nitrogen and oxygen atoms in total. The van der Waals surface area contributed by atoms with Crippen molar-refractivity contribution in [3.05, 3.63) is 83.9 Å². The average molecular weight is 692 g/mol. The number of likely N-dealkylation sites (tertiary alicyclic amines) is 1. The van der Waals surface area contributed by atoms with Gasteiger partial charge in [-0.1, -0.05) is 63.5 Å². The largest absolute Gasteiger partial charge is 0.453 e. The number of ether oxygens (including phenoxy) is 1. The lowest BCUT2D eigenvalue weighted by Crippen LogP contribution is -2.53. The first-order valence-corrected chi connectivity index (χ1v) is 17.7. The number of fused-ring (bicyclic) bond motifs is 1. The van der Waals surface area contributed by atoms with Crippen LogP contribution in [-0.2, 0) is 14.3 Å². The van der Waals surface area contributed by atoms with Gasteiger partial charge < -0.3 is 29.8 Å². The van der Waals surface area contributed by atoms with Gasteiger partial charge in [0.25, 0.3) is 0 Å². The van der Waals surface area contributed by atoms with Crippen molar-refractivity contribution in [1.29, 1.82) is 0 Å². The summed E-state index contributed by atoms with van der Waals surface area (Å²) in [6, 6.07) is 11.5. The maximum Gasteiger partial charge on any atom is 0.407 e. The number of piperidine rings is 1. The van der Waals surface area contributed by atoms with Gasteiger partial charge in [0.15, 0.2) is 0 Å². The van der Waals surface area contributed by atoms with E-state index in [9.17, 15) is 14.4 Å². The van der Waals surface area contributed by atoms with Crippen LogP contribution in [0.25, 0.3) is 22.0 Å². The van der Waals surface area contributed by atoms with Crippen LogP contribution in [0.1, 0.15) is 83.4 Å². The molecule has 0 bridgehead atoms. The van der Waals surface area contributed by atoms with E-state index < -0.39 is 12.1 Å². The van der Waals surface area contributed by atoms with Crippen molar-refractivity contribution < 1.29 is 19.1 Å². The molecule has 4 aromatic rings. The molecule has 3 N–H and O–H groups in total. The van der Waals surface area contributed by atoms with Crippen molar-refractivity contribution in [2.75, 3.05) is 26.7 Å². The standard InChI is InChI=1S/C30H32N6O3.C10H17NO/c1-19(2)27(35-30(38)39-3)29(37)36-13-5-4-6-26(36)28-32-16-24(34-28)12-8-20-7-9-22-15-23(11-10-21(22)14-20)25-17-31-18-33-25;1-8(2)6-10(12)11-5-4-9(3)7-11/h7,9-11,14-19,26-27H,4-6,13H2,1-3H3,(H,31,33)(H,32,34)(H,35,38);4,8H,5-7H2,1-3H3. The second-order valence-electron chi connectivity index (χ2n) is 14.0. The molecule has 0 aliphatic carbocycles. The molecule has 2 atom stereocenters. The van der Waals surface area contributed by atoms with Crippen LogP contribution in [0, 0.1) is 23.7 Å². The number of imidazole rings is 2. The van der Waals surface area contributed by atoms with E-state index in [4.69, 9.17) is 4.74 Å². The van der Waals surface area contributed by atoms with Crippen LogP contribution in [0.5, 0.6) is 0 Å². The van der Waals surface area contributed by atoms with Crippen molar-refractivity contribution in [1.82, 2.24) is 35.1 Å². The lowest BCUT2D eigenvalue weighted by molar-refractivity contribution is -0.138. The van der Waals surface area contributed by atoms with Gasteiger partial charge in [0.1, 0.15) is 17.6 Å². The number of alkyl carbamates (subject to hydrolysis) is 1. The maximum absolute atomic E-state index is 13.5. The number of aromatic amines is 2. The summed E-state index contributed by atoms with van der Waals surface area (Å²) in [5.74, 6) is 7.66. The van der Waals surface area contributed by atoms with Gasteiger partial charge >= 0.3 is 6.09 Å². The van der Waals surface area contributed by atoms with Crippen LogP contribution < -0.4 is 5.32 Å². The van der Waals surface area contributed by atoms with Crippen LogP contribution in [0.2, 0.25) is 0 Å². The van der Waals surface area contributed by atoms with Gasteiger partial charge in [-0.15, -0.1) is 0 Å². The minimum absolute atomic E-state index is 0.0868. The minimum Gasteiger partial charge on any atom is -0.453 e. The number of amides is 3. The maximum atomic E-state index is 13.5. The third kappa shape index (κ3) is 9.66. The smallest absolute Gasteiger partial charge is 0.407 e. The molecule has 2 aromatic heterocycles. The zero-order chi connectivity index (χ0) is 36.5. The Bertz CT molecular complexity index is 1920. The van der Waals surface area contributed by atoms with E-state index in [1.807, 2.05) is 35.9 Å². The van der Waals surface area contributed by atoms with Gasteiger partial charge in [-0.3, -0.25) is 9.59 Å². The zero-order valence-corrected chi connectivity index (χ0v) is 30.5. The first-order chi connectivity index (χ1) is 24.5. The Morgan fingerprint density at radius 1 is 1.04 bits per heavy atom. The number of nitrogens with one attached hydrogen (secondary N) is 3. The lowest BCUT2D eigenvalue weighted by atomic mass is 9.97. The van der Waals surface area contributed by atoms with Crippen molar-refractivity contribution in [3.63, 3.8) is 0 Å².